The van der Waals surface area contributed by atoms with Crippen LogP contribution in [-0.2, 0) is 32.6 Å². The van der Waals surface area contributed by atoms with Crippen LogP contribution in [0.15, 0.2) is 108 Å². The van der Waals surface area contributed by atoms with Gasteiger partial charge in [0.05, 0.1) is 10.6 Å². The minimum absolute atomic E-state index is 0.0522. The molecule has 0 bridgehead atoms. The van der Waals surface area contributed by atoms with E-state index in [4.69, 9.17) is 0 Å². The average molecular weight is 652 g/mol. The van der Waals surface area contributed by atoms with Gasteiger partial charge >= 0.3 is 0 Å². The summed E-state index contributed by atoms with van der Waals surface area (Å²) in [6, 6.07) is 30.5. The predicted molar refractivity (Wildman–Crippen MR) is 188 cm³/mol. The van der Waals surface area contributed by atoms with Crippen molar-refractivity contribution in [3.05, 3.63) is 131 Å². The van der Waals surface area contributed by atoms with E-state index in [1.807, 2.05) is 87.5 Å². The van der Waals surface area contributed by atoms with Gasteiger partial charge in [0.2, 0.25) is 11.8 Å². The van der Waals surface area contributed by atoms with E-state index >= 15 is 0 Å². The van der Waals surface area contributed by atoms with Crippen LogP contribution < -0.4 is 9.62 Å². The van der Waals surface area contributed by atoms with Crippen molar-refractivity contribution < 1.29 is 18.0 Å². The van der Waals surface area contributed by atoms with E-state index in [0.717, 1.165) is 59.9 Å². The number of sulfonamides is 1. The highest BCUT2D eigenvalue weighted by Crippen LogP contribution is 2.26. The van der Waals surface area contributed by atoms with Gasteiger partial charge in [0.1, 0.15) is 12.6 Å². The van der Waals surface area contributed by atoms with E-state index in [1.54, 1.807) is 41.3 Å². The van der Waals surface area contributed by atoms with E-state index in [-0.39, 0.29) is 23.4 Å². The van der Waals surface area contributed by atoms with Crippen molar-refractivity contribution in [1.29, 1.82) is 0 Å². The third-order valence-corrected chi connectivity index (χ3v) is 10.7. The first-order valence-electron chi connectivity index (χ1n) is 16.5. The molecule has 47 heavy (non-hydrogen) atoms. The fourth-order valence-corrected chi connectivity index (χ4v) is 7.60. The lowest BCUT2D eigenvalue weighted by Crippen LogP contribution is -2.55. The number of nitrogens with zero attached hydrogens (tertiary/aromatic N) is 2. The van der Waals surface area contributed by atoms with Crippen molar-refractivity contribution in [2.75, 3.05) is 10.8 Å². The third-order valence-electron chi connectivity index (χ3n) is 8.87. The Hall–Kier alpha value is -4.43. The maximum atomic E-state index is 14.7. The molecule has 0 aliphatic heterocycles. The van der Waals surface area contributed by atoms with Gasteiger partial charge in [-0.05, 0) is 69.0 Å². The second kappa shape index (κ2) is 15.4. The summed E-state index contributed by atoms with van der Waals surface area (Å²) >= 11 is 0. The molecule has 8 heteroatoms. The summed E-state index contributed by atoms with van der Waals surface area (Å²) in [5, 5.41) is 3.26. The van der Waals surface area contributed by atoms with Gasteiger partial charge in [0.25, 0.3) is 10.0 Å². The number of amides is 2. The minimum Gasteiger partial charge on any atom is -0.352 e. The highest BCUT2D eigenvalue weighted by atomic mass is 32.2. The van der Waals surface area contributed by atoms with Gasteiger partial charge in [-0.25, -0.2) is 8.42 Å². The second-order valence-electron chi connectivity index (χ2n) is 12.7. The average Bonchev–Trinajstić information content (AvgIpc) is 3.06. The molecule has 1 atom stereocenters. The lowest BCUT2D eigenvalue weighted by atomic mass is 9.94. The summed E-state index contributed by atoms with van der Waals surface area (Å²) in [6.07, 6.45) is 5.39. The molecule has 0 aromatic heterocycles. The van der Waals surface area contributed by atoms with E-state index < -0.39 is 28.5 Å². The summed E-state index contributed by atoms with van der Waals surface area (Å²) in [5.41, 5.74) is 5.09. The van der Waals surface area contributed by atoms with Crippen LogP contribution >= 0.6 is 0 Å². The molecule has 7 nitrogen and oxygen atoms in total. The van der Waals surface area contributed by atoms with Crippen molar-refractivity contribution >= 4 is 27.5 Å². The maximum Gasteiger partial charge on any atom is 0.264 e. The molecular formula is C39H45N3O4S. The van der Waals surface area contributed by atoms with Crippen molar-refractivity contribution in [1.82, 2.24) is 10.2 Å². The van der Waals surface area contributed by atoms with Crippen LogP contribution in [-0.4, -0.2) is 43.8 Å². The van der Waals surface area contributed by atoms with Crippen LogP contribution in [0.3, 0.4) is 0 Å². The van der Waals surface area contributed by atoms with Crippen LogP contribution in [0.4, 0.5) is 5.69 Å². The number of hydrogen-bond donors (Lipinski definition) is 1. The first-order chi connectivity index (χ1) is 22.6. The smallest absolute Gasteiger partial charge is 0.264 e. The van der Waals surface area contributed by atoms with E-state index in [1.165, 1.54) is 4.31 Å². The summed E-state index contributed by atoms with van der Waals surface area (Å²) in [5.74, 6) is -0.674. The summed E-state index contributed by atoms with van der Waals surface area (Å²) in [6.45, 7) is 5.50. The number of benzene rings is 4. The number of carbonyl (C=O) groups excluding carboxylic acids is 2. The Bertz CT molecular complexity index is 1750. The van der Waals surface area contributed by atoms with Crippen LogP contribution in [0.2, 0.25) is 0 Å². The highest BCUT2D eigenvalue weighted by molar-refractivity contribution is 7.92. The summed E-state index contributed by atoms with van der Waals surface area (Å²) in [7, 11) is -4.13. The Labute approximate surface area is 279 Å². The standard InChI is InChI=1S/C39H45N3O4S/c1-29-17-21-35(22-18-29)42(47(45,46)36-23-19-30(2)20-24-36)28-38(43)41(27-33-14-10-11-31(3)25-33)37(26-32-12-6-4-7-13-32)39(44)40-34-15-8-5-9-16-34/h4,6-7,10-14,17-25,34,37H,5,8-9,15-16,26-28H2,1-3H3,(H,40,44)/t37-/m0/s1. The lowest BCUT2D eigenvalue weighted by Gasteiger charge is -2.35. The Morgan fingerprint density at radius 1 is 0.745 bits per heavy atom. The lowest BCUT2D eigenvalue weighted by molar-refractivity contribution is -0.140. The number of aryl methyl sites for hydroxylation is 3. The highest BCUT2D eigenvalue weighted by Gasteiger charge is 2.35. The van der Waals surface area contributed by atoms with E-state index in [2.05, 4.69) is 5.32 Å². The van der Waals surface area contributed by atoms with Crippen molar-refractivity contribution in [3.8, 4) is 0 Å². The van der Waals surface area contributed by atoms with Crippen molar-refractivity contribution in [2.24, 2.45) is 0 Å². The van der Waals surface area contributed by atoms with Gasteiger partial charge in [-0.15, -0.1) is 0 Å². The minimum atomic E-state index is -4.13. The molecule has 4 aromatic carbocycles. The Kier molecular flexibility index (Phi) is 11.1. The first kappa shape index (κ1) is 33.9. The molecule has 0 spiro atoms. The zero-order valence-corrected chi connectivity index (χ0v) is 28.4. The molecular weight excluding hydrogens is 607 g/mol. The molecule has 246 valence electrons. The molecule has 1 aliphatic carbocycles. The molecule has 1 N–H and O–H groups in total. The Balaban J connectivity index is 1.56. The monoisotopic (exact) mass is 651 g/mol. The van der Waals surface area contributed by atoms with Crippen molar-refractivity contribution in [3.63, 3.8) is 0 Å². The van der Waals surface area contributed by atoms with Gasteiger partial charge in [-0.3, -0.25) is 13.9 Å². The number of hydrogen-bond acceptors (Lipinski definition) is 4. The SMILES string of the molecule is Cc1ccc(N(CC(=O)N(Cc2cccc(C)c2)[C@@H](Cc2ccccc2)C(=O)NC2CCCCC2)S(=O)(=O)c2ccc(C)cc2)cc1. The Morgan fingerprint density at radius 3 is 2.00 bits per heavy atom. The molecule has 0 unspecified atom stereocenters. The largest absolute Gasteiger partial charge is 0.352 e. The Morgan fingerprint density at radius 2 is 1.36 bits per heavy atom. The predicted octanol–water partition coefficient (Wildman–Crippen LogP) is 6.90. The fraction of sp³-hybridized carbons (Fsp3) is 0.333. The summed E-state index contributed by atoms with van der Waals surface area (Å²) in [4.78, 5) is 30.6. The van der Waals surface area contributed by atoms with Crippen LogP contribution in [0.5, 0.6) is 0 Å². The molecule has 1 saturated carbocycles. The molecule has 1 fully saturated rings. The normalized spacial score (nSPS) is 14.3. The third kappa shape index (κ3) is 8.89. The second-order valence-corrected chi connectivity index (χ2v) is 14.6. The zero-order valence-electron chi connectivity index (χ0n) is 27.6. The number of anilines is 1. The number of rotatable bonds is 12. The van der Waals surface area contributed by atoms with Gasteiger partial charge in [0.15, 0.2) is 0 Å². The quantitative estimate of drug-likeness (QED) is 0.181. The zero-order chi connectivity index (χ0) is 33.4. The molecule has 0 saturated heterocycles. The van der Waals surface area contributed by atoms with Crippen LogP contribution in [0.25, 0.3) is 0 Å². The molecule has 1 aliphatic rings. The molecule has 4 aromatic rings. The maximum absolute atomic E-state index is 14.7. The van der Waals surface area contributed by atoms with Crippen molar-refractivity contribution in [2.45, 2.75) is 82.8 Å². The molecule has 5 rings (SSSR count). The topological polar surface area (TPSA) is 86.8 Å². The number of carbonyl (C=O) groups is 2. The summed E-state index contributed by atoms with van der Waals surface area (Å²) < 4.78 is 29.6. The molecule has 0 heterocycles. The molecule has 2 amide bonds. The fourth-order valence-electron chi connectivity index (χ4n) is 6.18. The molecule has 0 radical (unpaired) electrons. The van der Waals surface area contributed by atoms with Gasteiger partial charge in [-0.2, -0.15) is 0 Å². The van der Waals surface area contributed by atoms with Gasteiger partial charge in [0, 0.05) is 19.0 Å². The van der Waals surface area contributed by atoms with Crippen LogP contribution in [0, 0.1) is 20.8 Å². The van der Waals surface area contributed by atoms with Gasteiger partial charge < -0.3 is 10.2 Å². The number of nitrogens with one attached hydrogen (secondary N) is 1. The van der Waals surface area contributed by atoms with E-state index in [9.17, 15) is 18.0 Å². The van der Waals surface area contributed by atoms with Crippen LogP contribution in [0.1, 0.15) is 59.9 Å². The van der Waals surface area contributed by atoms with E-state index in [0.29, 0.717) is 12.1 Å². The van der Waals surface area contributed by atoms with Gasteiger partial charge in [-0.1, -0.05) is 115 Å². The first-order valence-corrected chi connectivity index (χ1v) is 17.9.